The van der Waals surface area contributed by atoms with Crippen LogP contribution in [0.5, 0.6) is 0 Å². The number of aliphatic hydroxyl groups is 1. The summed E-state index contributed by atoms with van der Waals surface area (Å²) in [6.45, 7) is 2.42. The molecule has 0 amide bonds. The van der Waals surface area contributed by atoms with Crippen molar-refractivity contribution in [3.63, 3.8) is 0 Å². The van der Waals surface area contributed by atoms with E-state index in [9.17, 15) is 5.11 Å². The molecule has 1 aromatic heterocycles. The van der Waals surface area contributed by atoms with E-state index in [1.165, 1.54) is 50.3 Å². The summed E-state index contributed by atoms with van der Waals surface area (Å²) < 4.78 is 0. The van der Waals surface area contributed by atoms with Gasteiger partial charge in [-0.15, -0.1) is 0 Å². The van der Waals surface area contributed by atoms with Gasteiger partial charge in [0.2, 0.25) is 0 Å². The van der Waals surface area contributed by atoms with Crippen LogP contribution in [0, 0.1) is 0 Å². The van der Waals surface area contributed by atoms with Crippen molar-refractivity contribution >= 4 is 17.6 Å². The van der Waals surface area contributed by atoms with Crippen molar-refractivity contribution in [1.82, 2.24) is 14.9 Å². The smallest absolute Gasteiger partial charge is 0.129 e. The third kappa shape index (κ3) is 3.86. The third-order valence-corrected chi connectivity index (χ3v) is 6.86. The zero-order valence-electron chi connectivity index (χ0n) is 14.2. The molecule has 5 nitrogen and oxygen atoms in total. The largest absolute Gasteiger partial charge is 0.393 e. The van der Waals surface area contributed by atoms with Crippen LogP contribution in [0.4, 0.5) is 5.82 Å². The van der Waals surface area contributed by atoms with Crippen molar-refractivity contribution in [3.05, 3.63) is 18.1 Å². The fraction of sp³-hybridized carbons (Fsp3) is 0.778. The molecule has 3 aliphatic rings. The lowest BCUT2D eigenvalue weighted by atomic mass is 9.80. The van der Waals surface area contributed by atoms with Crippen LogP contribution in [-0.2, 0) is 0 Å². The van der Waals surface area contributed by atoms with E-state index in [0.717, 1.165) is 30.4 Å². The topological polar surface area (TPSA) is 61.3 Å². The molecule has 1 saturated carbocycles. The molecule has 0 bridgehead atoms. The maximum absolute atomic E-state index is 9.48. The number of thioether (sulfide) groups is 1. The molecule has 132 valence electrons. The minimum Gasteiger partial charge on any atom is -0.393 e. The molecule has 2 N–H and O–H groups in total. The van der Waals surface area contributed by atoms with Gasteiger partial charge in [0.1, 0.15) is 12.1 Å². The first-order valence-electron chi connectivity index (χ1n) is 9.36. The van der Waals surface area contributed by atoms with E-state index < -0.39 is 0 Å². The van der Waals surface area contributed by atoms with Crippen LogP contribution >= 0.6 is 11.8 Å². The Morgan fingerprint density at radius 1 is 1.08 bits per heavy atom. The molecule has 1 aromatic rings. The molecule has 0 aromatic carbocycles. The number of aromatic nitrogens is 2. The van der Waals surface area contributed by atoms with Gasteiger partial charge in [0.15, 0.2) is 0 Å². The lowest BCUT2D eigenvalue weighted by molar-refractivity contribution is 0.0732. The zero-order chi connectivity index (χ0) is 16.4. The van der Waals surface area contributed by atoms with Crippen LogP contribution in [-0.4, -0.2) is 62.8 Å². The minimum absolute atomic E-state index is 0.135. The Kier molecular flexibility index (Phi) is 5.25. The van der Waals surface area contributed by atoms with E-state index in [-0.39, 0.29) is 6.10 Å². The second kappa shape index (κ2) is 7.58. The molecule has 6 heteroatoms. The summed E-state index contributed by atoms with van der Waals surface area (Å²) in [7, 11) is 0. The van der Waals surface area contributed by atoms with Gasteiger partial charge in [-0.3, -0.25) is 0 Å². The Morgan fingerprint density at radius 3 is 2.54 bits per heavy atom. The second-order valence-electron chi connectivity index (χ2n) is 7.45. The Morgan fingerprint density at radius 2 is 1.83 bits per heavy atom. The van der Waals surface area contributed by atoms with Crippen LogP contribution in [0.25, 0.3) is 0 Å². The first-order chi connectivity index (χ1) is 11.8. The molecule has 0 unspecified atom stereocenters. The molecule has 1 aliphatic carbocycles. The maximum atomic E-state index is 9.48. The third-order valence-electron chi connectivity index (χ3n) is 5.81. The number of aliphatic hydroxyl groups excluding tert-OH is 1. The van der Waals surface area contributed by atoms with Crippen molar-refractivity contribution in [3.8, 4) is 0 Å². The number of likely N-dealkylation sites (tertiary alicyclic amines) is 1. The van der Waals surface area contributed by atoms with Gasteiger partial charge >= 0.3 is 0 Å². The van der Waals surface area contributed by atoms with Crippen LogP contribution < -0.4 is 5.32 Å². The maximum Gasteiger partial charge on any atom is 0.129 e. The summed E-state index contributed by atoms with van der Waals surface area (Å²) >= 11 is 2.11. The van der Waals surface area contributed by atoms with Crippen molar-refractivity contribution in [2.45, 2.75) is 62.6 Å². The van der Waals surface area contributed by atoms with E-state index in [4.69, 9.17) is 0 Å². The summed E-state index contributed by atoms with van der Waals surface area (Å²) in [6.07, 6.45) is 8.34. The highest BCUT2D eigenvalue weighted by Gasteiger charge is 2.30. The van der Waals surface area contributed by atoms with Gasteiger partial charge in [-0.25, -0.2) is 9.97 Å². The zero-order valence-corrected chi connectivity index (χ0v) is 15.0. The predicted octanol–water partition coefficient (Wildman–Crippen LogP) is 2.49. The van der Waals surface area contributed by atoms with Gasteiger partial charge in [0.25, 0.3) is 0 Å². The summed E-state index contributed by atoms with van der Waals surface area (Å²) in [5.74, 6) is 4.04. The monoisotopic (exact) mass is 348 g/mol. The predicted molar refractivity (Wildman–Crippen MR) is 98.6 cm³/mol. The van der Waals surface area contributed by atoms with Crippen LogP contribution in [0.15, 0.2) is 12.4 Å². The van der Waals surface area contributed by atoms with Crippen LogP contribution in [0.1, 0.15) is 50.1 Å². The Balaban J connectivity index is 1.28. The molecular formula is C18H28N4OS. The van der Waals surface area contributed by atoms with Crippen LogP contribution in [0.3, 0.4) is 0 Å². The Labute approximate surface area is 148 Å². The SMILES string of the molecule is OC1CC(c2cc(NC3CCN(C4CCSCC4)CC3)ncn2)C1. The fourth-order valence-electron chi connectivity index (χ4n) is 4.17. The van der Waals surface area contributed by atoms with Crippen LogP contribution in [0.2, 0.25) is 0 Å². The molecule has 2 aliphatic heterocycles. The highest BCUT2D eigenvalue weighted by atomic mass is 32.2. The van der Waals surface area contributed by atoms with E-state index in [2.05, 4.69) is 38.0 Å². The number of anilines is 1. The normalized spacial score (nSPS) is 30.0. The molecule has 0 radical (unpaired) electrons. The summed E-state index contributed by atoms with van der Waals surface area (Å²) in [6, 6.07) is 3.43. The van der Waals surface area contributed by atoms with E-state index in [1.807, 2.05) is 0 Å². The first-order valence-corrected chi connectivity index (χ1v) is 10.5. The Bertz CT molecular complexity index is 538. The van der Waals surface area contributed by atoms with Crippen molar-refractivity contribution < 1.29 is 5.11 Å². The fourth-order valence-corrected chi connectivity index (χ4v) is 5.25. The number of piperidine rings is 1. The lowest BCUT2D eigenvalue weighted by Gasteiger charge is -2.39. The number of hydrogen-bond donors (Lipinski definition) is 2. The first kappa shape index (κ1) is 16.6. The highest BCUT2D eigenvalue weighted by Crippen LogP contribution is 2.36. The van der Waals surface area contributed by atoms with E-state index in [0.29, 0.717) is 12.0 Å². The molecule has 0 spiro atoms. The van der Waals surface area contributed by atoms with Gasteiger partial charge in [-0.05, 0) is 50.0 Å². The van der Waals surface area contributed by atoms with Gasteiger partial charge in [-0.1, -0.05) is 0 Å². The van der Waals surface area contributed by atoms with Gasteiger partial charge in [0.05, 0.1) is 6.10 Å². The highest BCUT2D eigenvalue weighted by molar-refractivity contribution is 7.99. The average molecular weight is 349 g/mol. The quantitative estimate of drug-likeness (QED) is 0.872. The Hall–Kier alpha value is -0.850. The summed E-state index contributed by atoms with van der Waals surface area (Å²) in [4.78, 5) is 11.5. The van der Waals surface area contributed by atoms with E-state index >= 15 is 0 Å². The molecule has 4 rings (SSSR count). The minimum atomic E-state index is -0.135. The average Bonchev–Trinajstić information content (AvgIpc) is 2.61. The van der Waals surface area contributed by atoms with Gasteiger partial charge < -0.3 is 15.3 Å². The van der Waals surface area contributed by atoms with Crippen molar-refractivity contribution in [2.24, 2.45) is 0 Å². The molecule has 0 atom stereocenters. The molecule has 3 fully saturated rings. The number of rotatable bonds is 4. The molecule has 2 saturated heterocycles. The number of nitrogens with one attached hydrogen (secondary N) is 1. The van der Waals surface area contributed by atoms with Gasteiger partial charge in [0, 0.05) is 42.9 Å². The lowest BCUT2D eigenvalue weighted by Crippen LogP contribution is -2.45. The van der Waals surface area contributed by atoms with Gasteiger partial charge in [-0.2, -0.15) is 11.8 Å². The molecule has 24 heavy (non-hydrogen) atoms. The summed E-state index contributed by atoms with van der Waals surface area (Å²) in [5.41, 5.74) is 1.08. The van der Waals surface area contributed by atoms with E-state index in [1.54, 1.807) is 6.33 Å². The van der Waals surface area contributed by atoms with Crippen molar-refractivity contribution in [1.29, 1.82) is 0 Å². The summed E-state index contributed by atoms with van der Waals surface area (Å²) in [5, 5.41) is 13.1. The van der Waals surface area contributed by atoms with Crippen molar-refractivity contribution in [2.75, 3.05) is 29.9 Å². The molecular weight excluding hydrogens is 320 g/mol. The molecule has 3 heterocycles. The number of hydrogen-bond acceptors (Lipinski definition) is 6. The standard InChI is InChI=1S/C18H28N4OS/c23-16-9-13(10-16)17-11-18(20-12-19-17)21-14-1-5-22(6-2-14)15-3-7-24-8-4-15/h11-16,23H,1-10H2,(H,19,20,21). The second-order valence-corrected chi connectivity index (χ2v) is 8.67. The number of nitrogens with zero attached hydrogens (tertiary/aromatic N) is 3.